The number of para-hydroxylation sites is 4. The Hall–Kier alpha value is -7.62. The van der Waals surface area contributed by atoms with Gasteiger partial charge in [0.2, 0.25) is 0 Å². The van der Waals surface area contributed by atoms with Gasteiger partial charge in [0.05, 0.1) is 79.7 Å². The second-order valence-corrected chi connectivity index (χ2v) is 12.4. The van der Waals surface area contributed by atoms with E-state index in [-0.39, 0.29) is 0 Å². The van der Waals surface area contributed by atoms with Crippen molar-refractivity contribution >= 4 is 65.4 Å². The van der Waals surface area contributed by atoms with Crippen LogP contribution in [0.1, 0.15) is 46.6 Å². The molecule has 3 heterocycles. The Morgan fingerprint density at radius 2 is 0.632 bits per heavy atom. The van der Waals surface area contributed by atoms with Crippen LogP contribution in [0, 0.1) is 0 Å². The van der Waals surface area contributed by atoms with Crippen molar-refractivity contribution in [2.45, 2.75) is 0 Å². The Balaban J connectivity index is 1.25. The first kappa shape index (κ1) is 13.0. The minimum Gasteiger partial charge on any atom is -0.309 e. The van der Waals surface area contributed by atoms with Crippen molar-refractivity contribution < 1.29 is 46.6 Å². The van der Waals surface area contributed by atoms with E-state index in [1.165, 1.54) is 0 Å². The number of aromatic nitrogens is 3. The lowest BCUT2D eigenvalue weighted by atomic mass is 9.99. The van der Waals surface area contributed by atoms with Crippen molar-refractivity contribution in [2.75, 3.05) is 0 Å². The minimum atomic E-state index is -1.16. The summed E-state index contributed by atoms with van der Waals surface area (Å²) in [6.07, 6.45) is 0. The van der Waals surface area contributed by atoms with Crippen molar-refractivity contribution in [1.82, 2.24) is 13.7 Å². The van der Waals surface area contributed by atoms with Gasteiger partial charge in [0.25, 0.3) is 0 Å². The SMILES string of the molecule is [2H]c1c([2H])c([2H])c(-c2c([2H])c([2H])c([2H])c(-c3c([2H])c([2H])c([2H])c(-n4c5c([2H])c([2H])c([2H])c([2H])c5c5c([2H])c(-n6c7c([2H])c([2H])c(-n8c9c([2H])c([2H])c([2H])c([2H])c9c9c([2H])c([2H])c([2H])c([2H])c98)cc7c7c([2H])c([2H])c([2H])c([2H])c76)c([2H])c([2H])c54)c3[2H])c2[2H])c([2H])c1[2H]. The highest BCUT2D eigenvalue weighted by molar-refractivity contribution is 6.14. The van der Waals surface area contributed by atoms with Crippen molar-refractivity contribution in [3.63, 3.8) is 0 Å². The molecule has 0 aliphatic carbocycles. The summed E-state index contributed by atoms with van der Waals surface area (Å²) in [5.41, 5.74) is -9.77. The third-order valence-corrected chi connectivity index (χ3v) is 9.33. The first-order chi connectivity index (χ1) is 42.4. The van der Waals surface area contributed by atoms with Crippen molar-refractivity contribution in [2.24, 2.45) is 0 Å². The number of hydrogen-bond acceptors (Lipinski definition) is 0. The van der Waals surface area contributed by atoms with Crippen LogP contribution < -0.4 is 0 Å². The third-order valence-electron chi connectivity index (χ3n) is 9.33. The summed E-state index contributed by atoms with van der Waals surface area (Å²) >= 11 is 0. The summed E-state index contributed by atoms with van der Waals surface area (Å²) in [7, 11) is 0. The molecule has 57 heavy (non-hydrogen) atoms. The lowest BCUT2D eigenvalue weighted by Gasteiger charge is -2.12. The van der Waals surface area contributed by atoms with Crippen LogP contribution in [0.25, 0.3) is 105 Å². The third kappa shape index (κ3) is 4.86. The predicted molar refractivity (Wildman–Crippen MR) is 240 cm³/mol. The van der Waals surface area contributed by atoms with Gasteiger partial charge in [-0.05, 0) is 101 Å². The van der Waals surface area contributed by atoms with E-state index in [0.29, 0.717) is 4.57 Å². The lowest BCUT2D eigenvalue weighted by molar-refractivity contribution is 1.16. The fourth-order valence-corrected chi connectivity index (χ4v) is 6.96. The van der Waals surface area contributed by atoms with Gasteiger partial charge in [-0.2, -0.15) is 0 Å². The fourth-order valence-electron chi connectivity index (χ4n) is 6.96. The van der Waals surface area contributed by atoms with Crippen LogP contribution in [-0.2, 0) is 0 Å². The molecule has 9 aromatic carbocycles. The van der Waals surface area contributed by atoms with Gasteiger partial charge in [-0.15, -0.1) is 0 Å². The summed E-state index contributed by atoms with van der Waals surface area (Å²) < 4.78 is 311. The number of hydrogen-bond donors (Lipinski definition) is 0. The molecule has 3 heteroatoms. The van der Waals surface area contributed by atoms with Gasteiger partial charge >= 0.3 is 0 Å². The van der Waals surface area contributed by atoms with E-state index in [0.717, 1.165) is 15.2 Å². The average Bonchev–Trinajstić information content (AvgIpc) is 1.54. The van der Waals surface area contributed by atoms with Crippen molar-refractivity contribution in [3.8, 4) is 39.3 Å². The van der Waals surface area contributed by atoms with Gasteiger partial charge in [0.1, 0.15) is 0 Å². The second kappa shape index (κ2) is 12.5. The molecule has 0 N–H and O–H groups in total. The number of benzene rings is 9. The zero-order valence-corrected chi connectivity index (χ0v) is 28.4. The molecule has 0 fully saturated rings. The predicted octanol–water partition coefficient (Wildman–Crippen LogP) is 14.3. The second-order valence-electron chi connectivity index (χ2n) is 12.4. The van der Waals surface area contributed by atoms with Crippen molar-refractivity contribution in [1.29, 1.82) is 0 Å². The Kier molecular flexibility index (Phi) is 2.84. The van der Waals surface area contributed by atoms with Gasteiger partial charge < -0.3 is 13.7 Å². The smallest absolute Gasteiger partial charge is 0.0652 e. The fraction of sp³-hybridized carbons (Fsp3) is 0. The molecule has 3 aromatic heterocycles. The molecule has 0 saturated carbocycles. The van der Waals surface area contributed by atoms with E-state index in [2.05, 4.69) is 0 Å². The highest BCUT2D eigenvalue weighted by Gasteiger charge is 2.19. The van der Waals surface area contributed by atoms with Crippen LogP contribution in [0.5, 0.6) is 0 Å². The highest BCUT2D eigenvalue weighted by Crippen LogP contribution is 2.39. The Morgan fingerprint density at radius 3 is 1.25 bits per heavy atom. The van der Waals surface area contributed by atoms with E-state index >= 15 is 0 Å². The summed E-state index contributed by atoms with van der Waals surface area (Å²) in [6.45, 7) is 0. The maximum absolute atomic E-state index is 10.2. The molecule has 0 spiro atoms. The molecule has 0 atom stereocenters. The maximum atomic E-state index is 10.2. The quantitative estimate of drug-likeness (QED) is 0.166. The van der Waals surface area contributed by atoms with Crippen LogP contribution in [0.15, 0.2) is 212 Å². The normalized spacial score (nSPS) is 20.2. The minimum absolute atomic E-state index is 0.417. The van der Waals surface area contributed by atoms with Crippen LogP contribution in [0.3, 0.4) is 0 Å². The molecule has 0 unspecified atom stereocenters. The van der Waals surface area contributed by atoms with Crippen molar-refractivity contribution in [3.05, 3.63) is 212 Å². The molecule has 266 valence electrons. The molecule has 3 nitrogen and oxygen atoms in total. The Labute approximate surface area is 377 Å². The van der Waals surface area contributed by atoms with Gasteiger partial charge in [0.15, 0.2) is 0 Å². The lowest BCUT2D eigenvalue weighted by Crippen LogP contribution is -1.97. The first-order valence-electron chi connectivity index (χ1n) is 33.8. The van der Waals surface area contributed by atoms with Gasteiger partial charge in [-0.3, -0.25) is 0 Å². The maximum Gasteiger partial charge on any atom is 0.0652 e. The van der Waals surface area contributed by atoms with Gasteiger partial charge in [-0.1, -0.05) is 133 Å². The summed E-state index contributed by atoms with van der Waals surface area (Å²) in [5.74, 6) is 0. The summed E-state index contributed by atoms with van der Waals surface area (Å²) in [4.78, 5) is 0. The summed E-state index contributed by atoms with van der Waals surface area (Å²) in [6, 6.07) is -31.5. The Morgan fingerprint density at radius 1 is 0.246 bits per heavy atom. The summed E-state index contributed by atoms with van der Waals surface area (Å²) in [5, 5.41) is -3.20. The molecule has 0 saturated heterocycles. The number of fused-ring (bicyclic) bond motifs is 9. The molecule has 0 aliphatic heterocycles. The molecule has 12 rings (SSSR count). The largest absolute Gasteiger partial charge is 0.309 e. The molecule has 0 amide bonds. The molecule has 0 bridgehead atoms. The molecule has 0 radical (unpaired) electrons. The number of nitrogens with zero attached hydrogens (tertiary/aromatic N) is 3. The van der Waals surface area contributed by atoms with Crippen LogP contribution in [0.4, 0.5) is 0 Å². The van der Waals surface area contributed by atoms with Crippen LogP contribution >= 0.6 is 0 Å². The molecule has 0 aliphatic rings. The number of rotatable bonds is 5. The molecule has 12 aromatic rings. The highest BCUT2D eigenvalue weighted by atomic mass is 15.0. The van der Waals surface area contributed by atoms with E-state index in [9.17, 15) is 17.8 Å². The molecular weight excluding hydrogens is 691 g/mol. The van der Waals surface area contributed by atoms with Crippen LogP contribution in [-0.4, -0.2) is 13.7 Å². The topological polar surface area (TPSA) is 14.8 Å². The standard InChI is InChI=1S/C54H35N3/c1-2-14-36(15-3-1)37-16-12-17-38(32-37)39-18-13-19-40(33-39)55-51-26-10-6-22-45(51)47-35-42(29-30-53(47)55)57-52-27-11-7-23-46(52)48-34-41(28-31-54(48)57)56-49-24-8-4-20-43(49)44-21-5-9-25-50(44)56/h1-35H/i1D,2D,3D,4D,5D,6D,7D,8D,9D,10D,11D,12D,13D,14D,15D,16D,17D,18D,19D,20D,21D,22D,23D,24D,25D,26D,27D,28D,29D,30D,31D,32D,33D,35D. The Bertz CT molecular complexity index is 5420. The van der Waals surface area contributed by atoms with E-state index in [1.54, 1.807) is 0 Å². The van der Waals surface area contributed by atoms with E-state index < -0.39 is 310 Å². The van der Waals surface area contributed by atoms with E-state index in [4.69, 9.17) is 28.8 Å². The van der Waals surface area contributed by atoms with Gasteiger partial charge in [-0.25, -0.2) is 0 Å². The van der Waals surface area contributed by atoms with E-state index in [1.807, 2.05) is 0 Å². The zero-order chi connectivity index (χ0) is 67.0. The van der Waals surface area contributed by atoms with Crippen LogP contribution in [0.2, 0.25) is 0 Å². The monoisotopic (exact) mass is 759 g/mol. The average molecular weight is 760 g/mol. The van der Waals surface area contributed by atoms with Gasteiger partial charge in [0, 0.05) is 49.4 Å². The molecular formula is C54H35N3. The first-order valence-corrected chi connectivity index (χ1v) is 16.8. The zero-order valence-electron chi connectivity index (χ0n) is 62.4.